The molecule has 36 heavy (non-hydrogen) atoms. The van der Waals surface area contributed by atoms with Crippen LogP contribution in [0.15, 0.2) is 24.3 Å². The molecule has 6 aliphatic rings. The van der Waals surface area contributed by atoms with Gasteiger partial charge in [-0.2, -0.15) is 0 Å². The molecule has 4 saturated carbocycles. The van der Waals surface area contributed by atoms with Gasteiger partial charge >= 0.3 is 5.97 Å². The van der Waals surface area contributed by atoms with Gasteiger partial charge in [-0.1, -0.05) is 12.1 Å². The molecule has 5 fully saturated rings. The van der Waals surface area contributed by atoms with Crippen molar-refractivity contribution in [1.82, 2.24) is 10.2 Å². The molecule has 2 aliphatic heterocycles. The molecule has 3 atom stereocenters. The second-order valence-electron chi connectivity index (χ2n) is 11.5. The number of esters is 1. The zero-order chi connectivity index (χ0) is 24.9. The summed E-state index contributed by atoms with van der Waals surface area (Å²) in [5.74, 6) is 2.02. The van der Waals surface area contributed by atoms with Crippen molar-refractivity contribution in [2.45, 2.75) is 63.2 Å². The quantitative estimate of drug-likeness (QED) is 0.574. The third kappa shape index (κ3) is 4.42. The molecule has 0 aromatic heterocycles. The number of fused-ring (bicyclic) bond motifs is 1. The standard InChI is InChI=1S/C27H34N2O7/c30-19-8-21(29(13-19)26(33)27-9-16-5-17(10-27)7-18(6-16)11-27)25(32)35-15-24(31)28-12-20-14-34-22-3-1-2-4-23(22)36-20/h1-4,16-21,30H,5-15H2,(H,28,31)/t16?,17?,18?,19?,20?,21-,27?/m0/s1. The van der Waals surface area contributed by atoms with Crippen molar-refractivity contribution in [3.8, 4) is 11.5 Å². The Labute approximate surface area is 210 Å². The van der Waals surface area contributed by atoms with Crippen LogP contribution < -0.4 is 14.8 Å². The third-order valence-electron chi connectivity index (χ3n) is 8.74. The van der Waals surface area contributed by atoms with Gasteiger partial charge in [-0.3, -0.25) is 9.59 Å². The number of benzene rings is 1. The first-order valence-corrected chi connectivity index (χ1v) is 13.2. The molecule has 1 aromatic rings. The summed E-state index contributed by atoms with van der Waals surface area (Å²) in [5, 5.41) is 13.0. The topological polar surface area (TPSA) is 114 Å². The summed E-state index contributed by atoms with van der Waals surface area (Å²) in [4.78, 5) is 40.6. The summed E-state index contributed by atoms with van der Waals surface area (Å²) in [6, 6.07) is 6.48. The number of aliphatic hydroxyl groups excluding tert-OH is 1. The number of β-amino-alcohol motifs (C(OH)–C–C–N with tert-alkyl or cyclic N) is 1. The number of amides is 2. The number of aliphatic hydroxyl groups is 1. The first-order chi connectivity index (χ1) is 17.4. The van der Waals surface area contributed by atoms with Crippen LogP contribution in [0.4, 0.5) is 0 Å². The van der Waals surface area contributed by atoms with Crippen molar-refractivity contribution < 1.29 is 33.7 Å². The lowest BCUT2D eigenvalue weighted by Gasteiger charge is -2.56. The number of carbonyl (C=O) groups is 3. The van der Waals surface area contributed by atoms with E-state index in [1.807, 2.05) is 18.2 Å². The fourth-order valence-electron chi connectivity index (χ4n) is 7.61. The molecular formula is C27H34N2O7. The van der Waals surface area contributed by atoms with Crippen LogP contribution in [0.2, 0.25) is 0 Å². The number of rotatable bonds is 6. The Hall–Kier alpha value is -2.81. The van der Waals surface area contributed by atoms with Crippen LogP contribution in [0.3, 0.4) is 0 Å². The molecule has 7 rings (SSSR count). The van der Waals surface area contributed by atoms with Gasteiger partial charge in [0.2, 0.25) is 5.91 Å². The van der Waals surface area contributed by atoms with E-state index in [0.29, 0.717) is 35.9 Å². The van der Waals surface area contributed by atoms with Crippen LogP contribution in [0.25, 0.3) is 0 Å². The summed E-state index contributed by atoms with van der Waals surface area (Å²) in [5.41, 5.74) is -0.393. The SMILES string of the molecule is O=C(COC(=O)[C@@H]1CC(O)CN1C(=O)C12CC3CC(CC(C3)C1)C2)NCC1COc2ccccc2O1. The van der Waals surface area contributed by atoms with Crippen molar-refractivity contribution >= 4 is 17.8 Å². The van der Waals surface area contributed by atoms with Gasteiger partial charge in [-0.15, -0.1) is 0 Å². The smallest absolute Gasteiger partial charge is 0.329 e. The van der Waals surface area contributed by atoms with Gasteiger partial charge in [0.15, 0.2) is 18.1 Å². The van der Waals surface area contributed by atoms with E-state index in [0.717, 1.165) is 19.3 Å². The lowest BCUT2D eigenvalue weighted by Crippen LogP contribution is -2.56. The van der Waals surface area contributed by atoms with Gasteiger partial charge in [0.1, 0.15) is 18.8 Å². The minimum Gasteiger partial charge on any atom is -0.486 e. The maximum Gasteiger partial charge on any atom is 0.329 e. The van der Waals surface area contributed by atoms with E-state index in [-0.39, 0.29) is 31.5 Å². The minimum atomic E-state index is -0.847. The molecular weight excluding hydrogens is 464 g/mol. The fourth-order valence-corrected chi connectivity index (χ4v) is 7.61. The molecule has 1 aromatic carbocycles. The minimum absolute atomic E-state index is 0.000667. The second kappa shape index (κ2) is 9.25. The molecule has 2 heterocycles. The Balaban J connectivity index is 1.02. The van der Waals surface area contributed by atoms with Crippen LogP contribution in [-0.2, 0) is 19.1 Å². The fraction of sp³-hybridized carbons (Fsp3) is 0.667. The summed E-state index contributed by atoms with van der Waals surface area (Å²) < 4.78 is 16.8. The summed E-state index contributed by atoms with van der Waals surface area (Å²) in [7, 11) is 0. The Morgan fingerprint density at radius 1 is 1.03 bits per heavy atom. The Morgan fingerprint density at radius 3 is 2.39 bits per heavy atom. The summed E-state index contributed by atoms with van der Waals surface area (Å²) >= 11 is 0. The molecule has 9 nitrogen and oxygen atoms in total. The average Bonchev–Trinajstić information content (AvgIpc) is 3.26. The predicted molar refractivity (Wildman–Crippen MR) is 127 cm³/mol. The molecule has 2 unspecified atom stereocenters. The van der Waals surface area contributed by atoms with E-state index in [4.69, 9.17) is 14.2 Å². The van der Waals surface area contributed by atoms with Gasteiger partial charge in [-0.25, -0.2) is 4.79 Å². The molecule has 9 heteroatoms. The molecule has 2 amide bonds. The number of hydrogen-bond acceptors (Lipinski definition) is 7. The number of likely N-dealkylation sites (tertiary alicyclic amines) is 1. The maximum atomic E-state index is 13.8. The van der Waals surface area contributed by atoms with E-state index < -0.39 is 36.0 Å². The largest absolute Gasteiger partial charge is 0.486 e. The van der Waals surface area contributed by atoms with Crippen molar-refractivity contribution in [2.75, 3.05) is 26.3 Å². The van der Waals surface area contributed by atoms with Crippen LogP contribution >= 0.6 is 0 Å². The highest BCUT2D eigenvalue weighted by atomic mass is 16.6. The summed E-state index contributed by atoms with van der Waals surface area (Å²) in [6.07, 6.45) is 5.38. The molecule has 0 spiro atoms. The number of ether oxygens (including phenoxy) is 3. The molecule has 2 N–H and O–H groups in total. The Morgan fingerprint density at radius 2 is 1.69 bits per heavy atom. The van der Waals surface area contributed by atoms with Crippen LogP contribution in [0, 0.1) is 23.2 Å². The van der Waals surface area contributed by atoms with Gasteiger partial charge in [0.25, 0.3) is 5.91 Å². The second-order valence-corrected chi connectivity index (χ2v) is 11.5. The van der Waals surface area contributed by atoms with Gasteiger partial charge < -0.3 is 29.5 Å². The van der Waals surface area contributed by atoms with E-state index in [1.54, 1.807) is 11.0 Å². The van der Waals surface area contributed by atoms with E-state index in [1.165, 1.54) is 19.3 Å². The lowest BCUT2D eigenvalue weighted by molar-refractivity contribution is -0.166. The van der Waals surface area contributed by atoms with E-state index in [9.17, 15) is 19.5 Å². The number of carbonyl (C=O) groups excluding carboxylic acids is 3. The van der Waals surface area contributed by atoms with Gasteiger partial charge in [0, 0.05) is 13.0 Å². The highest BCUT2D eigenvalue weighted by molar-refractivity contribution is 5.90. The van der Waals surface area contributed by atoms with Crippen molar-refractivity contribution in [3.05, 3.63) is 24.3 Å². The van der Waals surface area contributed by atoms with Crippen molar-refractivity contribution in [1.29, 1.82) is 0 Å². The molecule has 4 bridgehead atoms. The van der Waals surface area contributed by atoms with Crippen LogP contribution in [0.5, 0.6) is 11.5 Å². The van der Waals surface area contributed by atoms with Crippen molar-refractivity contribution in [2.24, 2.45) is 23.2 Å². The average molecular weight is 499 g/mol. The monoisotopic (exact) mass is 498 g/mol. The highest BCUT2D eigenvalue weighted by Gasteiger charge is 2.57. The predicted octanol–water partition coefficient (Wildman–Crippen LogP) is 1.66. The first kappa shape index (κ1) is 23.6. The maximum absolute atomic E-state index is 13.8. The third-order valence-corrected chi connectivity index (χ3v) is 8.74. The zero-order valence-electron chi connectivity index (χ0n) is 20.4. The zero-order valence-corrected chi connectivity index (χ0v) is 20.4. The molecule has 4 aliphatic carbocycles. The van der Waals surface area contributed by atoms with Crippen molar-refractivity contribution in [3.63, 3.8) is 0 Å². The van der Waals surface area contributed by atoms with E-state index >= 15 is 0 Å². The molecule has 1 saturated heterocycles. The van der Waals surface area contributed by atoms with Crippen LogP contribution in [0.1, 0.15) is 44.9 Å². The number of hydrogen-bond donors (Lipinski definition) is 2. The molecule has 0 radical (unpaired) electrons. The molecule has 194 valence electrons. The summed E-state index contributed by atoms with van der Waals surface area (Å²) in [6.45, 7) is 0.212. The Bertz CT molecular complexity index is 1010. The van der Waals surface area contributed by atoms with Gasteiger partial charge in [-0.05, 0) is 68.4 Å². The Kier molecular flexibility index (Phi) is 6.06. The van der Waals surface area contributed by atoms with Crippen LogP contribution in [-0.4, -0.2) is 72.3 Å². The highest BCUT2D eigenvalue weighted by Crippen LogP contribution is 2.60. The van der Waals surface area contributed by atoms with E-state index in [2.05, 4.69) is 5.32 Å². The normalized spacial score (nSPS) is 36.0. The number of para-hydroxylation sites is 2. The number of nitrogens with one attached hydrogen (secondary N) is 1. The number of nitrogens with zero attached hydrogens (tertiary/aromatic N) is 1. The first-order valence-electron chi connectivity index (χ1n) is 13.2. The van der Waals surface area contributed by atoms with Gasteiger partial charge in [0.05, 0.1) is 18.1 Å². The lowest BCUT2D eigenvalue weighted by atomic mass is 9.49.